The van der Waals surface area contributed by atoms with Crippen LogP contribution in [0.25, 0.3) is 11.3 Å². The molecule has 4 rings (SSSR count). The second kappa shape index (κ2) is 8.83. The molecule has 1 amide bonds. The molecule has 1 aliphatic rings. The minimum Gasteiger partial charge on any atom is -0.464 e. The van der Waals surface area contributed by atoms with Gasteiger partial charge in [0.25, 0.3) is 0 Å². The highest BCUT2D eigenvalue weighted by Crippen LogP contribution is 2.21. The molecule has 3 heterocycles. The molecule has 1 aliphatic heterocycles. The van der Waals surface area contributed by atoms with Gasteiger partial charge >= 0.3 is 0 Å². The maximum absolute atomic E-state index is 12.1. The Hall–Kier alpha value is -2.93. The zero-order valence-electron chi connectivity index (χ0n) is 17.8. The van der Waals surface area contributed by atoms with Gasteiger partial charge in [-0.25, -0.2) is 0 Å². The Morgan fingerprint density at radius 3 is 2.60 bits per heavy atom. The van der Waals surface area contributed by atoms with Gasteiger partial charge in [-0.1, -0.05) is 38.1 Å². The Morgan fingerprint density at radius 1 is 1.10 bits per heavy atom. The van der Waals surface area contributed by atoms with Gasteiger partial charge in [-0.2, -0.15) is 0 Å². The molecule has 0 bridgehead atoms. The second-order valence-electron chi connectivity index (χ2n) is 8.21. The summed E-state index contributed by atoms with van der Waals surface area (Å²) >= 11 is 0. The van der Waals surface area contributed by atoms with Gasteiger partial charge in [0.15, 0.2) is 5.82 Å². The van der Waals surface area contributed by atoms with Gasteiger partial charge in [0.2, 0.25) is 5.91 Å². The highest BCUT2D eigenvalue weighted by molar-refractivity contribution is 5.78. The molecule has 0 saturated carbocycles. The van der Waals surface area contributed by atoms with Gasteiger partial charge in [0, 0.05) is 44.1 Å². The van der Waals surface area contributed by atoms with Gasteiger partial charge in [-0.3, -0.25) is 9.69 Å². The predicted molar refractivity (Wildman–Crippen MR) is 115 cm³/mol. The number of aromatic nitrogens is 3. The monoisotopic (exact) mass is 407 g/mol. The fourth-order valence-electron chi connectivity index (χ4n) is 3.79. The fourth-order valence-corrected chi connectivity index (χ4v) is 3.79. The molecule has 0 saturated heterocycles. The highest BCUT2D eigenvalue weighted by atomic mass is 16.3. The van der Waals surface area contributed by atoms with E-state index in [0.717, 1.165) is 55.6 Å². The summed E-state index contributed by atoms with van der Waals surface area (Å²) in [6.07, 6.45) is 2.55. The van der Waals surface area contributed by atoms with Crippen LogP contribution in [0.1, 0.15) is 44.0 Å². The van der Waals surface area contributed by atoms with Gasteiger partial charge in [0.05, 0.1) is 12.3 Å². The second-order valence-corrected chi connectivity index (χ2v) is 8.21. The lowest BCUT2D eigenvalue weighted by Gasteiger charge is -2.20. The quantitative estimate of drug-likeness (QED) is 0.677. The summed E-state index contributed by atoms with van der Waals surface area (Å²) in [5.41, 5.74) is 2.37. The first-order valence-corrected chi connectivity index (χ1v) is 10.6. The SMILES string of the molecule is CC(C)C(=O)N[C@@H](C)c1nnc2n1CCN(Cc1ccc(-c3ccco3)cc1)CC2. The van der Waals surface area contributed by atoms with Crippen LogP contribution in [-0.4, -0.2) is 38.7 Å². The van der Waals surface area contributed by atoms with E-state index in [1.54, 1.807) is 6.26 Å². The highest BCUT2D eigenvalue weighted by Gasteiger charge is 2.23. The van der Waals surface area contributed by atoms with Gasteiger partial charge in [-0.05, 0) is 24.6 Å². The van der Waals surface area contributed by atoms with Gasteiger partial charge in [0.1, 0.15) is 11.6 Å². The minimum absolute atomic E-state index is 0.0353. The van der Waals surface area contributed by atoms with Crippen LogP contribution in [0, 0.1) is 5.92 Å². The third kappa shape index (κ3) is 4.46. The maximum atomic E-state index is 12.1. The largest absolute Gasteiger partial charge is 0.464 e. The Balaban J connectivity index is 1.39. The molecule has 0 radical (unpaired) electrons. The van der Waals surface area contributed by atoms with Gasteiger partial charge < -0.3 is 14.3 Å². The summed E-state index contributed by atoms with van der Waals surface area (Å²) in [7, 11) is 0. The number of carbonyl (C=O) groups is 1. The molecule has 7 nitrogen and oxygen atoms in total. The van der Waals surface area contributed by atoms with Crippen molar-refractivity contribution < 1.29 is 9.21 Å². The van der Waals surface area contributed by atoms with Crippen molar-refractivity contribution in [3.63, 3.8) is 0 Å². The van der Waals surface area contributed by atoms with Crippen molar-refractivity contribution >= 4 is 5.91 Å². The number of hydrogen-bond acceptors (Lipinski definition) is 5. The van der Waals surface area contributed by atoms with Crippen molar-refractivity contribution in [1.82, 2.24) is 25.0 Å². The van der Waals surface area contributed by atoms with E-state index < -0.39 is 0 Å². The molecule has 1 aromatic carbocycles. The first-order chi connectivity index (χ1) is 14.5. The average molecular weight is 408 g/mol. The predicted octanol–water partition coefficient (Wildman–Crippen LogP) is 3.43. The van der Waals surface area contributed by atoms with E-state index in [4.69, 9.17) is 4.42 Å². The van der Waals surface area contributed by atoms with Crippen LogP contribution in [0.3, 0.4) is 0 Å². The van der Waals surface area contributed by atoms with E-state index in [1.165, 1.54) is 5.56 Å². The zero-order chi connectivity index (χ0) is 21.1. The summed E-state index contributed by atoms with van der Waals surface area (Å²) in [6.45, 7) is 9.33. The summed E-state index contributed by atoms with van der Waals surface area (Å²) in [4.78, 5) is 14.5. The summed E-state index contributed by atoms with van der Waals surface area (Å²) in [6, 6.07) is 12.3. The van der Waals surface area contributed by atoms with Crippen LogP contribution < -0.4 is 5.32 Å². The van der Waals surface area contributed by atoms with Crippen molar-refractivity contribution in [2.45, 2.75) is 46.3 Å². The Labute approximate surface area is 177 Å². The lowest BCUT2D eigenvalue weighted by Crippen LogP contribution is -2.32. The van der Waals surface area contributed by atoms with Crippen LogP contribution in [0.2, 0.25) is 0 Å². The van der Waals surface area contributed by atoms with Gasteiger partial charge in [-0.15, -0.1) is 10.2 Å². The number of rotatable bonds is 6. The summed E-state index contributed by atoms with van der Waals surface area (Å²) < 4.78 is 7.64. The first kappa shape index (κ1) is 20.3. The molecule has 2 aromatic heterocycles. The van der Waals surface area contributed by atoms with Crippen LogP contribution in [0.5, 0.6) is 0 Å². The molecule has 3 aromatic rings. The molecule has 1 atom stereocenters. The number of benzene rings is 1. The average Bonchev–Trinajstić information content (AvgIpc) is 3.37. The number of fused-ring (bicyclic) bond motifs is 1. The number of nitrogens with one attached hydrogen (secondary N) is 1. The normalized spacial score (nSPS) is 15.6. The zero-order valence-corrected chi connectivity index (χ0v) is 17.8. The Kier molecular flexibility index (Phi) is 5.99. The van der Waals surface area contributed by atoms with E-state index in [2.05, 4.69) is 49.2 Å². The number of furan rings is 1. The summed E-state index contributed by atoms with van der Waals surface area (Å²) in [5, 5.41) is 11.8. The van der Waals surface area contributed by atoms with Crippen LogP contribution in [-0.2, 0) is 24.3 Å². The van der Waals surface area contributed by atoms with Crippen molar-refractivity contribution in [2.24, 2.45) is 5.92 Å². The van der Waals surface area contributed by atoms with E-state index in [9.17, 15) is 4.79 Å². The smallest absolute Gasteiger partial charge is 0.223 e. The molecule has 0 unspecified atom stereocenters. The molecule has 0 fully saturated rings. The first-order valence-electron chi connectivity index (χ1n) is 10.6. The number of carbonyl (C=O) groups excluding carboxylic acids is 1. The van der Waals surface area contributed by atoms with Crippen molar-refractivity contribution in [1.29, 1.82) is 0 Å². The van der Waals surface area contributed by atoms with Crippen LogP contribution >= 0.6 is 0 Å². The van der Waals surface area contributed by atoms with Crippen molar-refractivity contribution in [3.8, 4) is 11.3 Å². The third-order valence-electron chi connectivity index (χ3n) is 5.58. The number of nitrogens with zero attached hydrogens (tertiary/aromatic N) is 4. The number of amides is 1. The topological polar surface area (TPSA) is 76.2 Å². The molecule has 0 spiro atoms. The van der Waals surface area contributed by atoms with Crippen LogP contribution in [0.15, 0.2) is 47.1 Å². The Bertz CT molecular complexity index is 976. The third-order valence-corrected chi connectivity index (χ3v) is 5.58. The van der Waals surface area contributed by atoms with Crippen molar-refractivity contribution in [3.05, 3.63) is 59.9 Å². The fraction of sp³-hybridized carbons (Fsp3) is 0.435. The lowest BCUT2D eigenvalue weighted by atomic mass is 10.1. The van der Waals surface area contributed by atoms with Crippen LogP contribution in [0.4, 0.5) is 0 Å². The van der Waals surface area contributed by atoms with E-state index in [1.807, 2.05) is 32.9 Å². The van der Waals surface area contributed by atoms with Crippen molar-refractivity contribution in [2.75, 3.05) is 13.1 Å². The lowest BCUT2D eigenvalue weighted by molar-refractivity contribution is -0.124. The molecular weight excluding hydrogens is 378 g/mol. The number of hydrogen-bond donors (Lipinski definition) is 1. The molecule has 0 aliphatic carbocycles. The molecule has 7 heteroatoms. The summed E-state index contributed by atoms with van der Waals surface area (Å²) in [5.74, 6) is 2.71. The van der Waals surface area contributed by atoms with E-state index >= 15 is 0 Å². The van der Waals surface area contributed by atoms with E-state index in [0.29, 0.717) is 0 Å². The molecule has 158 valence electrons. The minimum atomic E-state index is -0.151. The molecule has 30 heavy (non-hydrogen) atoms. The Morgan fingerprint density at radius 2 is 1.90 bits per heavy atom. The molecular formula is C23H29N5O2. The van der Waals surface area contributed by atoms with E-state index in [-0.39, 0.29) is 17.9 Å². The molecule has 1 N–H and O–H groups in total. The maximum Gasteiger partial charge on any atom is 0.223 e. The standard InChI is InChI=1S/C23H29N5O2/c1-16(2)23(29)24-17(3)22-26-25-21-10-11-27(12-13-28(21)22)15-18-6-8-19(9-7-18)20-5-4-14-30-20/h4-9,14,16-17H,10-13,15H2,1-3H3,(H,24,29)/t17-/m0/s1.